The van der Waals surface area contributed by atoms with Crippen molar-refractivity contribution in [3.8, 4) is 0 Å². The summed E-state index contributed by atoms with van der Waals surface area (Å²) in [6.45, 7) is -0.778. The fraction of sp³-hybridized carbons (Fsp3) is 0.500. The molecule has 5 heteroatoms. The second-order valence-corrected chi connectivity index (χ2v) is 0.552. The van der Waals surface area contributed by atoms with Crippen molar-refractivity contribution in [1.82, 2.24) is 0 Å². The third-order valence-electron chi connectivity index (χ3n) is 0.135. The monoisotopic (exact) mass is 255 g/mol. The van der Waals surface area contributed by atoms with E-state index in [1.807, 2.05) is 0 Å². The van der Waals surface area contributed by atoms with Crippen molar-refractivity contribution in [2.45, 2.75) is 0 Å². The minimum atomic E-state index is -1.19. The van der Waals surface area contributed by atoms with Gasteiger partial charge in [0.25, 0.3) is 0 Å². The Labute approximate surface area is 85.5 Å². The van der Waals surface area contributed by atoms with E-state index in [0.717, 1.165) is 0 Å². The van der Waals surface area contributed by atoms with Gasteiger partial charge in [0.2, 0.25) is 0 Å². The van der Waals surface area contributed by atoms with Crippen LogP contribution in [0.1, 0.15) is 0 Å². The van der Waals surface area contributed by atoms with Gasteiger partial charge in [0.1, 0.15) is 6.61 Å². The molecule has 0 unspecified atom stereocenters. The Hall–Kier alpha value is 1.42. The predicted octanol–water partition coefficient (Wildman–Crippen LogP) is -0.942. The van der Waals surface area contributed by atoms with E-state index < -0.39 is 12.6 Å². The fourth-order valence-electron chi connectivity index (χ4n) is 0. The zero-order valence-corrected chi connectivity index (χ0v) is 8.88. The molecular formula is C2H4O3YZr. The molecule has 2 N–H and O–H groups in total. The van der Waals surface area contributed by atoms with Crippen LogP contribution >= 0.6 is 0 Å². The van der Waals surface area contributed by atoms with Crippen LogP contribution in [0.5, 0.6) is 0 Å². The van der Waals surface area contributed by atoms with Gasteiger partial charge in [-0.1, -0.05) is 0 Å². The molecule has 0 amide bonds. The minimum Gasteiger partial charge on any atom is -0.480 e. The van der Waals surface area contributed by atoms with E-state index in [-0.39, 0.29) is 58.9 Å². The zero-order chi connectivity index (χ0) is 4.28. The minimum absolute atomic E-state index is 0. The first-order chi connectivity index (χ1) is 2.27. The summed E-state index contributed by atoms with van der Waals surface area (Å²) in [7, 11) is 0. The van der Waals surface area contributed by atoms with Gasteiger partial charge in [0.15, 0.2) is 0 Å². The summed E-state index contributed by atoms with van der Waals surface area (Å²) in [5.41, 5.74) is 0. The maximum Gasteiger partial charge on any atom is 0.329 e. The Morgan fingerprint density at radius 1 is 1.57 bits per heavy atom. The largest absolute Gasteiger partial charge is 0.480 e. The van der Waals surface area contributed by atoms with Gasteiger partial charge in [-0.3, -0.25) is 0 Å². The van der Waals surface area contributed by atoms with E-state index in [9.17, 15) is 0 Å². The van der Waals surface area contributed by atoms with Crippen molar-refractivity contribution in [3.05, 3.63) is 0 Å². The number of aliphatic hydroxyl groups is 1. The number of rotatable bonds is 1. The fourth-order valence-corrected chi connectivity index (χ4v) is 0. The van der Waals surface area contributed by atoms with E-state index in [1.165, 1.54) is 0 Å². The summed E-state index contributed by atoms with van der Waals surface area (Å²) in [5, 5.41) is 15.0. The number of carbonyl (C=O) groups is 1. The Morgan fingerprint density at radius 3 is 1.71 bits per heavy atom. The number of aliphatic carboxylic acids is 1. The molecule has 0 bridgehead atoms. The van der Waals surface area contributed by atoms with Crippen LogP contribution in [0, 0.1) is 0 Å². The van der Waals surface area contributed by atoms with E-state index in [0.29, 0.717) is 0 Å². The van der Waals surface area contributed by atoms with Crippen LogP contribution in [-0.4, -0.2) is 22.8 Å². The average Bonchev–Trinajstić information content (AvgIpc) is 1.38. The standard InChI is InChI=1S/C2H4O3.Y.Zr/c3-1-2(4)5;;/h3H,1H2,(H,4,5);;. The number of carboxylic acids is 1. The summed E-state index contributed by atoms with van der Waals surface area (Å²) in [4.78, 5) is 9.12. The van der Waals surface area contributed by atoms with Crippen LogP contribution in [0.2, 0.25) is 0 Å². The number of aliphatic hydroxyl groups excluding tert-OH is 1. The molecule has 0 saturated carbocycles. The maximum atomic E-state index is 9.12. The van der Waals surface area contributed by atoms with Crippen LogP contribution in [-0.2, 0) is 63.7 Å². The van der Waals surface area contributed by atoms with Crippen molar-refractivity contribution in [3.63, 3.8) is 0 Å². The van der Waals surface area contributed by atoms with Crippen molar-refractivity contribution >= 4 is 5.97 Å². The molecule has 7 heavy (non-hydrogen) atoms. The molecule has 0 aromatic rings. The molecule has 0 saturated heterocycles. The Balaban J connectivity index is -0.0000000800. The first-order valence-electron chi connectivity index (χ1n) is 1.10. The molecule has 3 nitrogen and oxygen atoms in total. The Kier molecular flexibility index (Phi) is 23.5. The normalized spacial score (nSPS) is 5.29. The molecule has 0 spiro atoms. The molecule has 0 aromatic carbocycles. The zero-order valence-electron chi connectivity index (χ0n) is 3.59. The van der Waals surface area contributed by atoms with Gasteiger partial charge in [-0.05, 0) is 0 Å². The molecule has 0 aliphatic rings. The van der Waals surface area contributed by atoms with Gasteiger partial charge < -0.3 is 10.2 Å². The van der Waals surface area contributed by atoms with Crippen molar-refractivity contribution in [1.29, 1.82) is 0 Å². The first-order valence-corrected chi connectivity index (χ1v) is 1.10. The summed E-state index contributed by atoms with van der Waals surface area (Å²) >= 11 is 0. The molecule has 0 fully saturated rings. The van der Waals surface area contributed by atoms with E-state index >= 15 is 0 Å². The maximum absolute atomic E-state index is 9.12. The van der Waals surface area contributed by atoms with Crippen LogP contribution in [0.4, 0.5) is 0 Å². The van der Waals surface area contributed by atoms with Gasteiger partial charge in [-0.25, -0.2) is 4.79 Å². The third-order valence-corrected chi connectivity index (χ3v) is 0.135. The van der Waals surface area contributed by atoms with E-state index in [4.69, 9.17) is 15.0 Å². The summed E-state index contributed by atoms with van der Waals surface area (Å²) in [5.74, 6) is -1.19. The van der Waals surface area contributed by atoms with Gasteiger partial charge in [-0.15, -0.1) is 0 Å². The molecule has 0 aromatic heterocycles. The van der Waals surface area contributed by atoms with Crippen LogP contribution in [0.25, 0.3) is 0 Å². The van der Waals surface area contributed by atoms with Crippen LogP contribution < -0.4 is 0 Å². The molecular weight excluding hydrogens is 252 g/mol. The second kappa shape index (κ2) is 10.4. The van der Waals surface area contributed by atoms with Crippen molar-refractivity contribution in [2.24, 2.45) is 0 Å². The molecule has 0 aliphatic heterocycles. The smallest absolute Gasteiger partial charge is 0.329 e. The SMILES string of the molecule is O=C(O)CO.[Y].[Zr]. The van der Waals surface area contributed by atoms with E-state index in [2.05, 4.69) is 0 Å². The molecule has 0 atom stereocenters. The van der Waals surface area contributed by atoms with E-state index in [1.54, 1.807) is 0 Å². The number of carboxylic acid groups (broad SMARTS) is 1. The molecule has 1 radical (unpaired) electrons. The molecule has 0 heterocycles. The predicted molar refractivity (Wildman–Crippen MR) is 14.7 cm³/mol. The Morgan fingerprint density at radius 2 is 1.71 bits per heavy atom. The van der Waals surface area contributed by atoms with Crippen LogP contribution in [0.15, 0.2) is 0 Å². The third kappa shape index (κ3) is 18.6. The van der Waals surface area contributed by atoms with Crippen LogP contribution in [0.3, 0.4) is 0 Å². The molecule has 0 rings (SSSR count). The topological polar surface area (TPSA) is 57.5 Å². The Bertz CT molecular complexity index is 48.2. The number of hydrogen-bond acceptors (Lipinski definition) is 2. The van der Waals surface area contributed by atoms with Crippen molar-refractivity contribution in [2.75, 3.05) is 6.61 Å². The van der Waals surface area contributed by atoms with Gasteiger partial charge in [0.05, 0.1) is 0 Å². The first kappa shape index (κ1) is 15.8. The quantitative estimate of drug-likeness (QED) is 0.636. The second-order valence-electron chi connectivity index (χ2n) is 0.552. The molecule has 37 valence electrons. The molecule has 0 aliphatic carbocycles. The average molecular weight is 256 g/mol. The number of hydrogen-bond donors (Lipinski definition) is 2. The summed E-state index contributed by atoms with van der Waals surface area (Å²) in [6, 6.07) is 0. The van der Waals surface area contributed by atoms with Gasteiger partial charge in [0, 0.05) is 58.9 Å². The summed E-state index contributed by atoms with van der Waals surface area (Å²) < 4.78 is 0. The van der Waals surface area contributed by atoms with Crippen molar-refractivity contribution < 1.29 is 73.9 Å². The summed E-state index contributed by atoms with van der Waals surface area (Å²) in [6.07, 6.45) is 0. The van der Waals surface area contributed by atoms with Gasteiger partial charge in [-0.2, -0.15) is 0 Å². The van der Waals surface area contributed by atoms with Gasteiger partial charge >= 0.3 is 5.97 Å².